The van der Waals surface area contributed by atoms with Crippen LogP contribution in [-0.2, 0) is 13.2 Å². The van der Waals surface area contributed by atoms with Gasteiger partial charge in [0.1, 0.15) is 17.0 Å². The van der Waals surface area contributed by atoms with E-state index in [1.807, 2.05) is 56.3 Å². The molecule has 0 aliphatic heterocycles. The maximum Gasteiger partial charge on any atom is 0.130 e. The Labute approximate surface area is 140 Å². The van der Waals surface area contributed by atoms with Gasteiger partial charge in [0.05, 0.1) is 11.2 Å². The monoisotopic (exact) mass is 358 g/mol. The van der Waals surface area contributed by atoms with Gasteiger partial charge in [-0.15, -0.1) is 6.42 Å². The lowest BCUT2D eigenvalue weighted by molar-refractivity contribution is 0.300. The molecule has 2 aromatic rings. The predicted octanol–water partition coefficient (Wildman–Crippen LogP) is 3.92. The fourth-order valence-electron chi connectivity index (χ4n) is 1.81. The molecule has 114 valence electrons. The van der Waals surface area contributed by atoms with Crippen LogP contribution in [0.25, 0.3) is 0 Å². The lowest BCUT2D eigenvalue weighted by Crippen LogP contribution is -2.36. The summed E-state index contributed by atoms with van der Waals surface area (Å²) in [4.78, 5) is 4.35. The molecule has 1 N–H and O–H groups in total. The highest BCUT2D eigenvalue weighted by molar-refractivity contribution is 9.10. The van der Waals surface area contributed by atoms with Crippen LogP contribution >= 0.6 is 15.9 Å². The van der Waals surface area contributed by atoms with E-state index in [0.717, 1.165) is 21.6 Å². The average molecular weight is 359 g/mol. The van der Waals surface area contributed by atoms with Crippen LogP contribution in [0.4, 0.5) is 0 Å². The minimum Gasteiger partial charge on any atom is -0.487 e. The summed E-state index contributed by atoms with van der Waals surface area (Å²) in [6.45, 7) is 5.09. The van der Waals surface area contributed by atoms with Crippen molar-refractivity contribution < 1.29 is 4.74 Å². The van der Waals surface area contributed by atoms with Gasteiger partial charge in [0.25, 0.3) is 0 Å². The molecule has 0 fully saturated rings. The SMILES string of the molecule is C#CC(C)(C)NCc1cccc(OCc2cccc(Br)n2)c1. The van der Waals surface area contributed by atoms with Gasteiger partial charge >= 0.3 is 0 Å². The standard InChI is InChI=1S/C18H19BrN2O/c1-4-18(2,3)20-12-14-7-5-9-16(11-14)22-13-15-8-6-10-17(19)21-15/h1,5-11,20H,12-13H2,2-3H3. The van der Waals surface area contributed by atoms with Crippen molar-refractivity contribution in [3.05, 3.63) is 58.3 Å². The summed E-state index contributed by atoms with van der Waals surface area (Å²) in [5.74, 6) is 3.54. The van der Waals surface area contributed by atoms with Crippen LogP contribution in [0.15, 0.2) is 47.1 Å². The molecule has 0 saturated heterocycles. The number of hydrogen-bond donors (Lipinski definition) is 1. The molecule has 4 heteroatoms. The van der Waals surface area contributed by atoms with Crippen molar-refractivity contribution in [3.63, 3.8) is 0 Å². The van der Waals surface area contributed by atoms with Gasteiger partial charge in [-0.1, -0.05) is 24.1 Å². The van der Waals surface area contributed by atoms with Crippen molar-refractivity contribution in [2.75, 3.05) is 0 Å². The van der Waals surface area contributed by atoms with E-state index < -0.39 is 0 Å². The quantitative estimate of drug-likeness (QED) is 0.627. The zero-order chi connectivity index (χ0) is 16.0. The first-order chi connectivity index (χ1) is 10.5. The summed E-state index contributed by atoms with van der Waals surface area (Å²) in [6, 6.07) is 13.7. The van der Waals surface area contributed by atoms with Gasteiger partial charge in [0.15, 0.2) is 0 Å². The van der Waals surface area contributed by atoms with Gasteiger partial charge < -0.3 is 4.74 Å². The summed E-state index contributed by atoms with van der Waals surface area (Å²) >= 11 is 3.35. The Bertz CT molecular complexity index is 677. The smallest absolute Gasteiger partial charge is 0.130 e. The summed E-state index contributed by atoms with van der Waals surface area (Å²) in [5, 5.41) is 3.32. The van der Waals surface area contributed by atoms with Crippen LogP contribution in [0.5, 0.6) is 5.75 Å². The fourth-order valence-corrected chi connectivity index (χ4v) is 2.19. The van der Waals surface area contributed by atoms with Crippen molar-refractivity contribution in [2.24, 2.45) is 0 Å². The highest BCUT2D eigenvalue weighted by Gasteiger charge is 2.12. The molecule has 0 bridgehead atoms. The number of benzene rings is 1. The van der Waals surface area contributed by atoms with Crippen molar-refractivity contribution >= 4 is 15.9 Å². The zero-order valence-electron chi connectivity index (χ0n) is 12.8. The van der Waals surface area contributed by atoms with Gasteiger partial charge in [0.2, 0.25) is 0 Å². The molecule has 2 rings (SSSR count). The second-order valence-corrected chi connectivity index (χ2v) is 6.32. The molecule has 0 spiro atoms. The fraction of sp³-hybridized carbons (Fsp3) is 0.278. The lowest BCUT2D eigenvalue weighted by Gasteiger charge is -2.19. The van der Waals surface area contributed by atoms with E-state index in [4.69, 9.17) is 11.2 Å². The Morgan fingerprint density at radius 3 is 2.77 bits per heavy atom. The average Bonchev–Trinajstić information content (AvgIpc) is 2.52. The summed E-state index contributed by atoms with van der Waals surface area (Å²) in [7, 11) is 0. The maximum absolute atomic E-state index is 5.79. The van der Waals surface area contributed by atoms with E-state index in [0.29, 0.717) is 13.2 Å². The van der Waals surface area contributed by atoms with Gasteiger partial charge in [-0.05, 0) is 59.6 Å². The lowest BCUT2D eigenvalue weighted by atomic mass is 10.1. The molecule has 22 heavy (non-hydrogen) atoms. The van der Waals surface area contributed by atoms with Crippen LogP contribution < -0.4 is 10.1 Å². The molecule has 1 aromatic carbocycles. The number of nitrogens with one attached hydrogen (secondary N) is 1. The van der Waals surface area contributed by atoms with Crippen molar-refractivity contribution in [1.29, 1.82) is 0 Å². The number of nitrogens with zero attached hydrogens (tertiary/aromatic N) is 1. The summed E-state index contributed by atoms with van der Waals surface area (Å²) in [5.41, 5.74) is 1.69. The predicted molar refractivity (Wildman–Crippen MR) is 92.5 cm³/mol. The minimum absolute atomic E-state index is 0.322. The normalized spacial score (nSPS) is 11.0. The van der Waals surface area contributed by atoms with E-state index in [-0.39, 0.29) is 5.54 Å². The molecular weight excluding hydrogens is 340 g/mol. The van der Waals surface area contributed by atoms with Crippen LogP contribution in [0.3, 0.4) is 0 Å². The molecule has 3 nitrogen and oxygen atoms in total. The highest BCUT2D eigenvalue weighted by Crippen LogP contribution is 2.16. The Hall–Kier alpha value is -1.83. The number of halogens is 1. The van der Waals surface area contributed by atoms with Gasteiger partial charge in [-0.3, -0.25) is 5.32 Å². The third kappa shape index (κ3) is 5.18. The van der Waals surface area contributed by atoms with Crippen LogP contribution in [0.2, 0.25) is 0 Å². The third-order valence-electron chi connectivity index (χ3n) is 3.15. The topological polar surface area (TPSA) is 34.1 Å². The third-order valence-corrected chi connectivity index (χ3v) is 3.59. The highest BCUT2D eigenvalue weighted by atomic mass is 79.9. The van der Waals surface area contributed by atoms with Crippen LogP contribution in [0, 0.1) is 12.3 Å². The van der Waals surface area contributed by atoms with Crippen molar-refractivity contribution in [3.8, 4) is 18.1 Å². The second-order valence-electron chi connectivity index (χ2n) is 5.51. The van der Waals surface area contributed by atoms with Gasteiger partial charge in [0, 0.05) is 6.54 Å². The largest absolute Gasteiger partial charge is 0.487 e. The number of rotatable bonds is 6. The van der Waals surface area contributed by atoms with Crippen LogP contribution in [-0.4, -0.2) is 10.5 Å². The summed E-state index contributed by atoms with van der Waals surface area (Å²) < 4.78 is 6.60. The number of pyridine rings is 1. The first-order valence-corrected chi connectivity index (χ1v) is 7.84. The van der Waals surface area contributed by atoms with E-state index in [2.05, 4.69) is 32.2 Å². The second kappa shape index (κ2) is 7.44. The Balaban J connectivity index is 1.95. The number of ether oxygens (including phenoxy) is 1. The van der Waals surface area contributed by atoms with E-state index in [9.17, 15) is 0 Å². The minimum atomic E-state index is -0.322. The Kier molecular flexibility index (Phi) is 5.59. The maximum atomic E-state index is 5.79. The molecule has 0 saturated carbocycles. The van der Waals surface area contributed by atoms with Gasteiger partial charge in [-0.2, -0.15) is 0 Å². The molecular formula is C18H19BrN2O. The Morgan fingerprint density at radius 2 is 2.05 bits per heavy atom. The molecule has 0 amide bonds. The molecule has 0 radical (unpaired) electrons. The number of aromatic nitrogens is 1. The van der Waals surface area contributed by atoms with E-state index >= 15 is 0 Å². The van der Waals surface area contributed by atoms with E-state index in [1.54, 1.807) is 0 Å². The first-order valence-electron chi connectivity index (χ1n) is 7.04. The molecule has 0 aliphatic carbocycles. The molecule has 1 heterocycles. The van der Waals surface area contributed by atoms with Crippen LogP contribution in [0.1, 0.15) is 25.1 Å². The number of terminal acetylenes is 1. The molecule has 0 aliphatic rings. The summed E-state index contributed by atoms with van der Waals surface area (Å²) in [6.07, 6.45) is 5.48. The van der Waals surface area contributed by atoms with Crippen molar-refractivity contribution in [2.45, 2.75) is 32.5 Å². The first kappa shape index (κ1) is 16.5. The zero-order valence-corrected chi connectivity index (χ0v) is 14.4. The molecule has 0 atom stereocenters. The van der Waals surface area contributed by atoms with Crippen molar-refractivity contribution in [1.82, 2.24) is 10.3 Å². The molecule has 0 unspecified atom stereocenters. The van der Waals surface area contributed by atoms with Gasteiger partial charge in [-0.25, -0.2) is 4.98 Å². The van der Waals surface area contributed by atoms with E-state index in [1.165, 1.54) is 0 Å². The Morgan fingerprint density at radius 1 is 1.27 bits per heavy atom. The number of hydrogen-bond acceptors (Lipinski definition) is 3. The molecule has 1 aromatic heterocycles.